The van der Waals surface area contributed by atoms with Gasteiger partial charge in [0.25, 0.3) is 0 Å². The first-order valence-corrected chi connectivity index (χ1v) is 11.3. The number of benzene rings is 2. The topological polar surface area (TPSA) is 98.2 Å². The van der Waals surface area contributed by atoms with Crippen LogP contribution in [0.15, 0.2) is 60.7 Å². The van der Waals surface area contributed by atoms with Gasteiger partial charge in [0.2, 0.25) is 11.8 Å². The van der Waals surface area contributed by atoms with Gasteiger partial charge in [0.05, 0.1) is 18.0 Å². The quantitative estimate of drug-likeness (QED) is 0.701. The molecule has 0 unspecified atom stereocenters. The molecular weight excluding hydrogens is 420 g/mol. The predicted octanol–water partition coefficient (Wildman–Crippen LogP) is 3.27. The Morgan fingerprint density at radius 2 is 1.30 bits per heavy atom. The maximum atomic E-state index is 11.8. The summed E-state index contributed by atoms with van der Waals surface area (Å²) in [6.07, 6.45) is 0.597. The van der Waals surface area contributed by atoms with Gasteiger partial charge in [-0.1, -0.05) is 60.7 Å². The van der Waals surface area contributed by atoms with Gasteiger partial charge in [0.15, 0.2) is 0 Å². The molecule has 33 heavy (non-hydrogen) atoms. The number of hydrogen-bond donors (Lipinski definition) is 2. The summed E-state index contributed by atoms with van der Waals surface area (Å²) >= 11 is 0. The van der Waals surface area contributed by atoms with Gasteiger partial charge in [0.1, 0.15) is 0 Å². The second kappa shape index (κ2) is 11.1. The number of carbonyl (C=O) groups is 3. The molecule has 2 N–H and O–H groups in total. The van der Waals surface area contributed by atoms with E-state index in [4.69, 9.17) is 10.2 Å². The standard InChI is InChI=1S/C13H15NO3.C13H17NO2/c1-9(10-5-3-2-4-6-10)14-8-11(13(16)17)7-12(14)15;1-10(12-5-3-2-4-6-12)14-8-11(9-15)7-13(14)16/h2-6,9,11H,7-8H2,1H3,(H,16,17);2-6,10-11,15H,7-9H2,1H3/t9-,11-;10-,11-/m11/s1. The molecule has 0 bridgehead atoms. The Kier molecular flexibility index (Phi) is 8.22. The lowest BCUT2D eigenvalue weighted by Crippen LogP contribution is -2.29. The van der Waals surface area contributed by atoms with Gasteiger partial charge in [0, 0.05) is 38.5 Å². The number of carbonyl (C=O) groups excluding carboxylic acids is 2. The highest BCUT2D eigenvalue weighted by atomic mass is 16.4. The van der Waals surface area contributed by atoms with Crippen molar-refractivity contribution in [1.82, 2.24) is 9.80 Å². The Bertz CT molecular complexity index is 950. The van der Waals surface area contributed by atoms with Gasteiger partial charge in [-0.25, -0.2) is 0 Å². The van der Waals surface area contributed by atoms with Crippen molar-refractivity contribution in [2.24, 2.45) is 11.8 Å². The van der Waals surface area contributed by atoms with E-state index >= 15 is 0 Å². The summed E-state index contributed by atoms with van der Waals surface area (Å²) in [6, 6.07) is 19.7. The molecule has 0 saturated carbocycles. The fourth-order valence-electron chi connectivity index (χ4n) is 4.40. The smallest absolute Gasteiger partial charge is 0.308 e. The zero-order valence-electron chi connectivity index (χ0n) is 19.1. The zero-order valence-corrected chi connectivity index (χ0v) is 19.1. The van der Waals surface area contributed by atoms with Crippen molar-refractivity contribution >= 4 is 17.8 Å². The minimum Gasteiger partial charge on any atom is -0.481 e. The molecule has 2 saturated heterocycles. The summed E-state index contributed by atoms with van der Waals surface area (Å²) < 4.78 is 0. The molecule has 7 heteroatoms. The van der Waals surface area contributed by atoms with Crippen molar-refractivity contribution in [3.8, 4) is 0 Å². The molecule has 0 aromatic heterocycles. The summed E-state index contributed by atoms with van der Waals surface area (Å²) in [4.78, 5) is 37.9. The van der Waals surface area contributed by atoms with Crippen LogP contribution in [0.4, 0.5) is 0 Å². The number of hydrogen-bond acceptors (Lipinski definition) is 4. The van der Waals surface area contributed by atoms with Crippen LogP contribution in [-0.4, -0.2) is 57.5 Å². The number of aliphatic carboxylic acids is 1. The number of amides is 2. The van der Waals surface area contributed by atoms with Gasteiger partial charge < -0.3 is 20.0 Å². The Hall–Kier alpha value is -3.19. The molecule has 0 aliphatic carbocycles. The molecule has 2 aromatic rings. The van der Waals surface area contributed by atoms with Gasteiger partial charge in [-0.15, -0.1) is 0 Å². The Balaban J connectivity index is 0.000000186. The number of likely N-dealkylation sites (tertiary alicyclic amines) is 2. The molecule has 2 aliphatic heterocycles. The molecule has 2 aliphatic rings. The van der Waals surface area contributed by atoms with Crippen LogP contribution in [0.2, 0.25) is 0 Å². The van der Waals surface area contributed by atoms with Gasteiger partial charge in [-0.05, 0) is 25.0 Å². The summed E-state index contributed by atoms with van der Waals surface area (Å²) in [5, 5.41) is 18.0. The van der Waals surface area contributed by atoms with E-state index in [9.17, 15) is 14.4 Å². The van der Waals surface area contributed by atoms with Crippen LogP contribution in [0.5, 0.6) is 0 Å². The Labute approximate surface area is 194 Å². The van der Waals surface area contributed by atoms with Crippen molar-refractivity contribution in [2.75, 3.05) is 19.7 Å². The number of rotatable bonds is 6. The van der Waals surface area contributed by atoms with E-state index in [1.165, 1.54) is 0 Å². The van der Waals surface area contributed by atoms with Crippen LogP contribution in [0.25, 0.3) is 0 Å². The molecule has 7 nitrogen and oxygen atoms in total. The normalized spacial score (nSPS) is 22.0. The fraction of sp³-hybridized carbons (Fsp3) is 0.423. The molecule has 4 rings (SSSR count). The van der Waals surface area contributed by atoms with Crippen LogP contribution in [0.3, 0.4) is 0 Å². The number of aliphatic hydroxyl groups is 1. The largest absolute Gasteiger partial charge is 0.481 e. The zero-order chi connectivity index (χ0) is 24.0. The predicted molar refractivity (Wildman–Crippen MR) is 124 cm³/mol. The third-order valence-corrected chi connectivity index (χ3v) is 6.50. The summed E-state index contributed by atoms with van der Waals surface area (Å²) in [5.41, 5.74) is 2.18. The minimum absolute atomic E-state index is 0.0620. The molecule has 0 radical (unpaired) electrons. The molecule has 2 aromatic carbocycles. The lowest BCUT2D eigenvalue weighted by molar-refractivity contribution is -0.141. The number of aliphatic hydroxyl groups excluding tert-OH is 1. The third kappa shape index (κ3) is 5.99. The maximum absolute atomic E-state index is 11.8. The fourth-order valence-corrected chi connectivity index (χ4v) is 4.40. The van der Waals surface area contributed by atoms with E-state index in [-0.39, 0.29) is 42.8 Å². The van der Waals surface area contributed by atoms with Crippen LogP contribution >= 0.6 is 0 Å². The van der Waals surface area contributed by atoms with E-state index in [0.717, 1.165) is 11.1 Å². The van der Waals surface area contributed by atoms with Gasteiger partial charge in [-0.3, -0.25) is 14.4 Å². The number of carboxylic acids is 1. The molecule has 4 atom stereocenters. The van der Waals surface area contributed by atoms with E-state index in [1.807, 2.05) is 79.4 Å². The second-order valence-electron chi connectivity index (χ2n) is 8.76. The van der Waals surface area contributed by atoms with E-state index in [0.29, 0.717) is 19.5 Å². The number of carboxylic acid groups (broad SMARTS) is 1. The minimum atomic E-state index is -0.888. The highest BCUT2D eigenvalue weighted by Crippen LogP contribution is 2.29. The highest BCUT2D eigenvalue weighted by Gasteiger charge is 2.37. The maximum Gasteiger partial charge on any atom is 0.308 e. The van der Waals surface area contributed by atoms with Crippen LogP contribution in [0, 0.1) is 11.8 Å². The molecule has 2 amide bonds. The van der Waals surface area contributed by atoms with E-state index in [2.05, 4.69) is 0 Å². The third-order valence-electron chi connectivity index (χ3n) is 6.50. The molecular formula is C26H32N2O5. The Morgan fingerprint density at radius 1 is 0.848 bits per heavy atom. The first kappa shape index (κ1) is 24.5. The first-order chi connectivity index (χ1) is 15.8. The van der Waals surface area contributed by atoms with Crippen molar-refractivity contribution in [3.63, 3.8) is 0 Å². The monoisotopic (exact) mass is 452 g/mol. The van der Waals surface area contributed by atoms with E-state index in [1.54, 1.807) is 4.90 Å². The van der Waals surface area contributed by atoms with Gasteiger partial charge >= 0.3 is 5.97 Å². The van der Waals surface area contributed by atoms with Gasteiger partial charge in [-0.2, -0.15) is 0 Å². The summed E-state index contributed by atoms with van der Waals surface area (Å²) in [5.74, 6) is -1.27. The molecule has 0 spiro atoms. The SMILES string of the molecule is C[C@H](c1ccccc1)N1C[C@H](C(=O)O)CC1=O.C[C@H](c1ccccc1)N1C[C@H](CO)CC1=O. The van der Waals surface area contributed by atoms with E-state index < -0.39 is 11.9 Å². The molecule has 176 valence electrons. The summed E-state index contributed by atoms with van der Waals surface area (Å²) in [7, 11) is 0. The summed E-state index contributed by atoms with van der Waals surface area (Å²) in [6.45, 7) is 5.05. The average Bonchev–Trinajstić information content (AvgIpc) is 3.42. The number of nitrogens with zero attached hydrogens (tertiary/aromatic N) is 2. The lowest BCUT2D eigenvalue weighted by Gasteiger charge is -2.25. The van der Waals surface area contributed by atoms with Crippen molar-refractivity contribution in [3.05, 3.63) is 71.8 Å². The molecule has 2 heterocycles. The lowest BCUT2D eigenvalue weighted by atomic mass is 10.1. The first-order valence-electron chi connectivity index (χ1n) is 11.3. The van der Waals surface area contributed by atoms with Crippen molar-refractivity contribution in [1.29, 1.82) is 0 Å². The van der Waals surface area contributed by atoms with Crippen molar-refractivity contribution < 1.29 is 24.6 Å². The second-order valence-corrected chi connectivity index (χ2v) is 8.76. The van der Waals surface area contributed by atoms with Crippen LogP contribution in [0.1, 0.15) is 49.9 Å². The highest BCUT2D eigenvalue weighted by molar-refractivity contribution is 5.86. The average molecular weight is 453 g/mol. The Morgan fingerprint density at radius 3 is 1.70 bits per heavy atom. The molecule has 2 fully saturated rings. The van der Waals surface area contributed by atoms with Crippen LogP contribution < -0.4 is 0 Å². The van der Waals surface area contributed by atoms with Crippen molar-refractivity contribution in [2.45, 2.75) is 38.8 Å². The van der Waals surface area contributed by atoms with Crippen LogP contribution in [-0.2, 0) is 14.4 Å².